The Kier molecular flexibility index (Phi) is 8.62. The highest BCUT2D eigenvalue weighted by molar-refractivity contribution is 5.86. The Morgan fingerprint density at radius 1 is 1.35 bits per heavy atom. The van der Waals surface area contributed by atoms with Crippen molar-refractivity contribution < 1.29 is 14.3 Å². The Hall–Kier alpha value is -0.940. The molecule has 0 aromatic carbocycles. The fourth-order valence-corrected chi connectivity index (χ4v) is 1.42. The molecule has 0 rings (SSSR count). The number of nitrogens with one attached hydrogen (secondary N) is 1. The Labute approximate surface area is 103 Å². The normalized spacial score (nSPS) is 12.5. The SMILES string of the molecule is CCOC(=O)CC(NCCCN(C)C)C(C)=O. The van der Waals surface area contributed by atoms with Crippen LogP contribution in [0.3, 0.4) is 0 Å². The van der Waals surface area contributed by atoms with E-state index in [0.717, 1.165) is 19.5 Å². The van der Waals surface area contributed by atoms with E-state index in [4.69, 9.17) is 4.74 Å². The number of nitrogens with zero attached hydrogens (tertiary/aromatic N) is 1. The number of ether oxygens (including phenoxy) is 1. The molecule has 5 heteroatoms. The van der Waals surface area contributed by atoms with Gasteiger partial charge in [0.15, 0.2) is 0 Å². The monoisotopic (exact) mass is 244 g/mol. The van der Waals surface area contributed by atoms with Crippen LogP contribution in [0.2, 0.25) is 0 Å². The maximum atomic E-state index is 11.3. The van der Waals surface area contributed by atoms with Crippen molar-refractivity contribution in [2.45, 2.75) is 32.7 Å². The molecule has 0 saturated heterocycles. The second-order valence-corrected chi connectivity index (χ2v) is 4.28. The number of carbonyl (C=O) groups is 2. The zero-order valence-corrected chi connectivity index (χ0v) is 11.3. The summed E-state index contributed by atoms with van der Waals surface area (Å²) in [5.41, 5.74) is 0. The van der Waals surface area contributed by atoms with Crippen LogP contribution in [0.5, 0.6) is 0 Å². The van der Waals surface area contributed by atoms with Gasteiger partial charge in [0, 0.05) is 0 Å². The minimum Gasteiger partial charge on any atom is -0.466 e. The van der Waals surface area contributed by atoms with E-state index in [9.17, 15) is 9.59 Å². The van der Waals surface area contributed by atoms with Crippen molar-refractivity contribution in [2.75, 3.05) is 33.8 Å². The van der Waals surface area contributed by atoms with E-state index in [1.54, 1.807) is 6.92 Å². The van der Waals surface area contributed by atoms with Crippen LogP contribution in [-0.2, 0) is 14.3 Å². The third-order valence-corrected chi connectivity index (χ3v) is 2.34. The average molecular weight is 244 g/mol. The van der Waals surface area contributed by atoms with Gasteiger partial charge >= 0.3 is 5.97 Å². The van der Waals surface area contributed by atoms with E-state index in [2.05, 4.69) is 10.2 Å². The molecule has 0 bridgehead atoms. The van der Waals surface area contributed by atoms with E-state index in [0.29, 0.717) is 6.61 Å². The zero-order chi connectivity index (χ0) is 13.3. The standard InChI is InChI=1S/C12H24N2O3/c1-5-17-12(16)9-11(10(2)15)13-7-6-8-14(3)4/h11,13H,5-9H2,1-4H3. The first-order chi connectivity index (χ1) is 7.97. The van der Waals surface area contributed by atoms with Crippen LogP contribution in [0, 0.1) is 0 Å². The number of ketones is 1. The summed E-state index contributed by atoms with van der Waals surface area (Å²) < 4.78 is 4.83. The van der Waals surface area contributed by atoms with Crippen molar-refractivity contribution in [2.24, 2.45) is 0 Å². The second kappa shape index (κ2) is 9.13. The first-order valence-electron chi connectivity index (χ1n) is 6.01. The Morgan fingerprint density at radius 3 is 2.47 bits per heavy atom. The molecule has 0 spiro atoms. The van der Waals surface area contributed by atoms with Crippen LogP contribution in [0.25, 0.3) is 0 Å². The smallest absolute Gasteiger partial charge is 0.307 e. The molecule has 0 radical (unpaired) electrons. The molecular weight excluding hydrogens is 220 g/mol. The van der Waals surface area contributed by atoms with Gasteiger partial charge < -0.3 is 15.0 Å². The lowest BCUT2D eigenvalue weighted by atomic mass is 10.1. The van der Waals surface area contributed by atoms with Crippen LogP contribution in [-0.4, -0.2) is 56.5 Å². The predicted molar refractivity (Wildman–Crippen MR) is 66.9 cm³/mol. The van der Waals surface area contributed by atoms with Crippen LogP contribution in [0.1, 0.15) is 26.7 Å². The topological polar surface area (TPSA) is 58.6 Å². The number of rotatable bonds is 9. The van der Waals surface area contributed by atoms with Gasteiger partial charge in [0.05, 0.1) is 19.1 Å². The maximum absolute atomic E-state index is 11.3. The minimum absolute atomic E-state index is 0.0251. The average Bonchev–Trinajstić information content (AvgIpc) is 2.22. The van der Waals surface area contributed by atoms with E-state index in [1.165, 1.54) is 6.92 Å². The summed E-state index contributed by atoms with van der Waals surface area (Å²) in [6.07, 6.45) is 1.06. The van der Waals surface area contributed by atoms with Crippen molar-refractivity contribution in [3.8, 4) is 0 Å². The van der Waals surface area contributed by atoms with Crippen molar-refractivity contribution in [3.63, 3.8) is 0 Å². The van der Waals surface area contributed by atoms with Crippen molar-refractivity contribution >= 4 is 11.8 Å². The van der Waals surface area contributed by atoms with E-state index < -0.39 is 6.04 Å². The molecular formula is C12H24N2O3. The van der Waals surface area contributed by atoms with Crippen LogP contribution < -0.4 is 5.32 Å². The van der Waals surface area contributed by atoms with E-state index in [1.807, 2.05) is 14.1 Å². The molecule has 1 unspecified atom stereocenters. The van der Waals surface area contributed by atoms with Gasteiger partial charge in [-0.2, -0.15) is 0 Å². The highest BCUT2D eigenvalue weighted by Gasteiger charge is 2.18. The van der Waals surface area contributed by atoms with Gasteiger partial charge in [-0.1, -0.05) is 0 Å². The molecule has 0 saturated carbocycles. The van der Waals surface area contributed by atoms with Gasteiger partial charge in [-0.15, -0.1) is 0 Å². The molecule has 100 valence electrons. The Morgan fingerprint density at radius 2 is 2.00 bits per heavy atom. The van der Waals surface area contributed by atoms with Crippen LogP contribution >= 0.6 is 0 Å². The van der Waals surface area contributed by atoms with E-state index in [-0.39, 0.29) is 18.2 Å². The molecule has 1 N–H and O–H groups in total. The van der Waals surface area contributed by atoms with Gasteiger partial charge in [0.2, 0.25) is 0 Å². The summed E-state index contributed by atoms with van der Waals surface area (Å²) >= 11 is 0. The molecule has 0 amide bonds. The third-order valence-electron chi connectivity index (χ3n) is 2.34. The summed E-state index contributed by atoms with van der Waals surface area (Å²) in [6.45, 7) is 5.27. The first kappa shape index (κ1) is 16.1. The summed E-state index contributed by atoms with van der Waals surface area (Å²) in [7, 11) is 4.00. The highest BCUT2D eigenvalue weighted by Crippen LogP contribution is 1.97. The number of esters is 1. The van der Waals surface area contributed by atoms with Gasteiger partial charge in [-0.25, -0.2) is 0 Å². The van der Waals surface area contributed by atoms with Gasteiger partial charge in [-0.3, -0.25) is 9.59 Å². The fraction of sp³-hybridized carbons (Fsp3) is 0.833. The number of carbonyl (C=O) groups excluding carboxylic acids is 2. The molecule has 0 aromatic heterocycles. The lowest BCUT2D eigenvalue weighted by Gasteiger charge is -2.16. The molecule has 0 aliphatic rings. The highest BCUT2D eigenvalue weighted by atomic mass is 16.5. The van der Waals surface area contributed by atoms with Gasteiger partial charge in [0.25, 0.3) is 0 Å². The molecule has 1 atom stereocenters. The first-order valence-corrected chi connectivity index (χ1v) is 6.01. The Bertz CT molecular complexity index is 242. The largest absolute Gasteiger partial charge is 0.466 e. The predicted octanol–water partition coefficient (Wildman–Crippen LogP) is 0.439. The molecule has 5 nitrogen and oxygen atoms in total. The van der Waals surface area contributed by atoms with E-state index >= 15 is 0 Å². The van der Waals surface area contributed by atoms with Crippen molar-refractivity contribution in [1.82, 2.24) is 10.2 Å². The number of hydrogen-bond acceptors (Lipinski definition) is 5. The number of Topliss-reactive ketones (excluding diaryl/α,β-unsaturated/α-hetero) is 1. The Balaban J connectivity index is 3.91. The van der Waals surface area contributed by atoms with Crippen LogP contribution in [0.15, 0.2) is 0 Å². The molecule has 0 aliphatic heterocycles. The molecule has 17 heavy (non-hydrogen) atoms. The third kappa shape index (κ3) is 8.83. The molecule has 0 aromatic rings. The molecule has 0 heterocycles. The summed E-state index contributed by atoms with van der Waals surface area (Å²) in [6, 6.07) is -0.420. The fourth-order valence-electron chi connectivity index (χ4n) is 1.42. The lowest BCUT2D eigenvalue weighted by Crippen LogP contribution is -2.39. The molecule has 0 fully saturated rings. The van der Waals surface area contributed by atoms with Crippen molar-refractivity contribution in [3.05, 3.63) is 0 Å². The van der Waals surface area contributed by atoms with Gasteiger partial charge in [-0.05, 0) is 47.5 Å². The summed E-state index contributed by atoms with van der Waals surface area (Å²) in [5, 5.41) is 3.09. The number of hydrogen-bond donors (Lipinski definition) is 1. The lowest BCUT2D eigenvalue weighted by molar-refractivity contribution is -0.145. The zero-order valence-electron chi connectivity index (χ0n) is 11.3. The quantitative estimate of drug-likeness (QED) is 0.471. The summed E-state index contributed by atoms with van der Waals surface area (Å²) in [4.78, 5) is 24.7. The minimum atomic E-state index is -0.420. The van der Waals surface area contributed by atoms with Crippen LogP contribution in [0.4, 0.5) is 0 Å². The second-order valence-electron chi connectivity index (χ2n) is 4.28. The molecule has 0 aliphatic carbocycles. The maximum Gasteiger partial charge on any atom is 0.307 e. The van der Waals surface area contributed by atoms with Gasteiger partial charge in [0.1, 0.15) is 5.78 Å². The van der Waals surface area contributed by atoms with Crippen molar-refractivity contribution in [1.29, 1.82) is 0 Å². The summed E-state index contributed by atoms with van der Waals surface area (Å²) in [5.74, 6) is -0.351.